The molecule has 0 unspecified atom stereocenters. The standard InChI is InChI=1S/C21H22N2O4/c1-14(24)23(12-15-7-5-4-6-8-15)13-17-9-16-10-19(26-2)20(27-3)11-18(16)22-21(17)25/h4-11H,12-13H2,1-3H3,(H,22,25). The van der Waals surface area contributed by atoms with E-state index in [2.05, 4.69) is 4.98 Å². The first-order valence-electron chi connectivity index (χ1n) is 8.59. The Hall–Kier alpha value is -3.28. The first-order valence-corrected chi connectivity index (χ1v) is 8.59. The van der Waals surface area contributed by atoms with Crippen LogP contribution in [0.25, 0.3) is 10.9 Å². The van der Waals surface area contributed by atoms with E-state index < -0.39 is 0 Å². The van der Waals surface area contributed by atoms with Gasteiger partial charge < -0.3 is 19.4 Å². The van der Waals surface area contributed by atoms with E-state index in [0.717, 1.165) is 10.9 Å². The summed E-state index contributed by atoms with van der Waals surface area (Å²) in [6.45, 7) is 2.18. The van der Waals surface area contributed by atoms with Crippen LogP contribution in [0.4, 0.5) is 0 Å². The van der Waals surface area contributed by atoms with Gasteiger partial charge in [0, 0.05) is 30.5 Å². The third-order valence-corrected chi connectivity index (χ3v) is 4.45. The highest BCUT2D eigenvalue weighted by atomic mass is 16.5. The number of ether oxygens (including phenoxy) is 2. The van der Waals surface area contributed by atoms with Gasteiger partial charge in [-0.15, -0.1) is 0 Å². The molecule has 0 spiro atoms. The molecule has 6 nitrogen and oxygen atoms in total. The van der Waals surface area contributed by atoms with Crippen molar-refractivity contribution in [2.75, 3.05) is 14.2 Å². The smallest absolute Gasteiger partial charge is 0.253 e. The lowest BCUT2D eigenvalue weighted by Crippen LogP contribution is -2.30. The number of aromatic nitrogens is 1. The van der Waals surface area contributed by atoms with E-state index >= 15 is 0 Å². The second-order valence-corrected chi connectivity index (χ2v) is 6.28. The third kappa shape index (κ3) is 4.11. The number of pyridine rings is 1. The van der Waals surface area contributed by atoms with Crippen LogP contribution in [0.1, 0.15) is 18.1 Å². The van der Waals surface area contributed by atoms with E-state index in [0.29, 0.717) is 29.1 Å². The fraction of sp³-hybridized carbons (Fsp3) is 0.238. The Labute approximate surface area is 157 Å². The van der Waals surface area contributed by atoms with Crippen LogP contribution in [0.2, 0.25) is 0 Å². The maximum atomic E-state index is 12.5. The first kappa shape index (κ1) is 18.5. The van der Waals surface area contributed by atoms with Gasteiger partial charge >= 0.3 is 0 Å². The quantitative estimate of drug-likeness (QED) is 0.728. The van der Waals surface area contributed by atoms with Crippen LogP contribution < -0.4 is 15.0 Å². The van der Waals surface area contributed by atoms with Gasteiger partial charge in [0.25, 0.3) is 5.56 Å². The fourth-order valence-corrected chi connectivity index (χ4v) is 2.98. The van der Waals surface area contributed by atoms with Crippen LogP contribution in [0, 0.1) is 0 Å². The molecule has 0 radical (unpaired) electrons. The molecule has 0 saturated carbocycles. The van der Waals surface area contributed by atoms with Crippen LogP contribution in [0.5, 0.6) is 11.5 Å². The molecule has 0 bridgehead atoms. The number of rotatable bonds is 6. The van der Waals surface area contributed by atoms with E-state index in [-0.39, 0.29) is 18.0 Å². The van der Waals surface area contributed by atoms with Crippen LogP contribution in [0.15, 0.2) is 53.3 Å². The summed E-state index contributed by atoms with van der Waals surface area (Å²) in [5.41, 5.74) is 1.95. The van der Waals surface area contributed by atoms with Crippen molar-refractivity contribution in [1.82, 2.24) is 9.88 Å². The molecule has 1 heterocycles. The maximum absolute atomic E-state index is 12.5. The number of aromatic amines is 1. The Kier molecular flexibility index (Phi) is 5.45. The molecule has 0 aliphatic carbocycles. The number of hydrogen-bond acceptors (Lipinski definition) is 4. The minimum atomic E-state index is -0.228. The topological polar surface area (TPSA) is 71.6 Å². The highest BCUT2D eigenvalue weighted by molar-refractivity contribution is 5.83. The van der Waals surface area contributed by atoms with Gasteiger partial charge in [0.15, 0.2) is 11.5 Å². The van der Waals surface area contributed by atoms with E-state index in [4.69, 9.17) is 9.47 Å². The number of nitrogens with zero attached hydrogens (tertiary/aromatic N) is 1. The Morgan fingerprint density at radius 3 is 2.30 bits per heavy atom. The normalized spacial score (nSPS) is 10.6. The molecular formula is C21H22N2O4. The molecule has 0 atom stereocenters. The van der Waals surface area contributed by atoms with Crippen molar-refractivity contribution >= 4 is 16.8 Å². The molecule has 3 rings (SSSR count). The molecular weight excluding hydrogens is 344 g/mol. The molecule has 0 aliphatic heterocycles. The Morgan fingerprint density at radius 2 is 1.67 bits per heavy atom. The van der Waals surface area contributed by atoms with Crippen LogP contribution in [-0.2, 0) is 17.9 Å². The van der Waals surface area contributed by atoms with Crippen molar-refractivity contribution in [2.24, 2.45) is 0 Å². The van der Waals surface area contributed by atoms with Gasteiger partial charge in [0.05, 0.1) is 26.3 Å². The zero-order chi connectivity index (χ0) is 19.4. The number of H-pyrrole nitrogens is 1. The summed E-state index contributed by atoms with van der Waals surface area (Å²) in [5, 5.41) is 0.811. The molecule has 2 aromatic carbocycles. The molecule has 27 heavy (non-hydrogen) atoms. The number of carbonyl (C=O) groups is 1. The molecule has 0 fully saturated rings. The van der Waals surface area contributed by atoms with Crippen molar-refractivity contribution < 1.29 is 14.3 Å². The summed E-state index contributed by atoms with van der Waals surface area (Å²) in [5.74, 6) is 1.03. The highest BCUT2D eigenvalue weighted by Gasteiger charge is 2.14. The Balaban J connectivity index is 1.95. The van der Waals surface area contributed by atoms with Gasteiger partial charge in [-0.25, -0.2) is 0 Å². The Bertz CT molecular complexity index is 1010. The van der Waals surface area contributed by atoms with E-state index in [1.807, 2.05) is 36.4 Å². The zero-order valence-corrected chi connectivity index (χ0v) is 15.6. The van der Waals surface area contributed by atoms with Crippen molar-refractivity contribution in [3.05, 3.63) is 70.0 Å². The summed E-state index contributed by atoms with van der Waals surface area (Å²) < 4.78 is 10.6. The van der Waals surface area contributed by atoms with Crippen LogP contribution in [-0.4, -0.2) is 30.0 Å². The van der Waals surface area contributed by atoms with Gasteiger partial charge in [0.2, 0.25) is 5.91 Å². The molecule has 1 amide bonds. The average molecular weight is 366 g/mol. The number of nitrogens with one attached hydrogen (secondary N) is 1. The monoisotopic (exact) mass is 366 g/mol. The maximum Gasteiger partial charge on any atom is 0.253 e. The Morgan fingerprint density at radius 1 is 1.00 bits per heavy atom. The minimum Gasteiger partial charge on any atom is -0.493 e. The number of carbonyl (C=O) groups excluding carboxylic acids is 1. The molecule has 1 aromatic heterocycles. The molecule has 3 aromatic rings. The summed E-state index contributed by atoms with van der Waals surface area (Å²) in [4.78, 5) is 29.1. The number of hydrogen-bond donors (Lipinski definition) is 1. The van der Waals surface area contributed by atoms with Crippen molar-refractivity contribution in [2.45, 2.75) is 20.0 Å². The van der Waals surface area contributed by atoms with E-state index in [1.165, 1.54) is 6.92 Å². The summed E-state index contributed by atoms with van der Waals surface area (Å²) in [6, 6.07) is 15.0. The summed E-state index contributed by atoms with van der Waals surface area (Å²) in [7, 11) is 3.11. The van der Waals surface area contributed by atoms with E-state index in [9.17, 15) is 9.59 Å². The van der Waals surface area contributed by atoms with Crippen molar-refractivity contribution in [1.29, 1.82) is 0 Å². The van der Waals surface area contributed by atoms with Gasteiger partial charge in [-0.2, -0.15) is 0 Å². The first-order chi connectivity index (χ1) is 13.0. The van der Waals surface area contributed by atoms with Gasteiger partial charge in [0.1, 0.15) is 0 Å². The van der Waals surface area contributed by atoms with Crippen LogP contribution >= 0.6 is 0 Å². The minimum absolute atomic E-state index is 0.0920. The second kappa shape index (κ2) is 7.95. The SMILES string of the molecule is COc1cc2cc(CN(Cc3ccccc3)C(C)=O)c(=O)[nH]c2cc1OC. The lowest BCUT2D eigenvalue weighted by Gasteiger charge is -2.21. The zero-order valence-electron chi connectivity index (χ0n) is 15.6. The largest absolute Gasteiger partial charge is 0.493 e. The second-order valence-electron chi connectivity index (χ2n) is 6.28. The number of methoxy groups -OCH3 is 2. The predicted octanol–water partition coefficient (Wildman–Crippen LogP) is 3.09. The molecule has 1 N–H and O–H groups in total. The van der Waals surface area contributed by atoms with Crippen molar-refractivity contribution in [3.63, 3.8) is 0 Å². The van der Waals surface area contributed by atoms with E-state index in [1.54, 1.807) is 31.3 Å². The lowest BCUT2D eigenvalue weighted by atomic mass is 10.1. The predicted molar refractivity (Wildman–Crippen MR) is 104 cm³/mol. The number of amides is 1. The molecule has 140 valence electrons. The van der Waals surface area contributed by atoms with Gasteiger partial charge in [-0.05, 0) is 17.7 Å². The molecule has 0 saturated heterocycles. The lowest BCUT2D eigenvalue weighted by molar-refractivity contribution is -0.130. The molecule has 0 aliphatic rings. The molecule has 6 heteroatoms. The van der Waals surface area contributed by atoms with Gasteiger partial charge in [-0.3, -0.25) is 9.59 Å². The average Bonchev–Trinajstić information content (AvgIpc) is 2.67. The summed E-state index contributed by atoms with van der Waals surface area (Å²) in [6.07, 6.45) is 0. The summed E-state index contributed by atoms with van der Waals surface area (Å²) >= 11 is 0. The number of fused-ring (bicyclic) bond motifs is 1. The fourth-order valence-electron chi connectivity index (χ4n) is 2.98. The number of benzene rings is 2. The third-order valence-electron chi connectivity index (χ3n) is 4.45. The van der Waals surface area contributed by atoms with Crippen LogP contribution in [0.3, 0.4) is 0 Å². The van der Waals surface area contributed by atoms with Crippen molar-refractivity contribution in [3.8, 4) is 11.5 Å². The van der Waals surface area contributed by atoms with Gasteiger partial charge in [-0.1, -0.05) is 30.3 Å². The highest BCUT2D eigenvalue weighted by Crippen LogP contribution is 2.31.